The molecule has 8 nitrogen and oxygen atoms in total. The Morgan fingerprint density at radius 2 is 1.88 bits per heavy atom. The Morgan fingerprint density at radius 3 is 2.65 bits per heavy atom. The van der Waals surface area contributed by atoms with Crippen LogP contribution >= 0.6 is 0 Å². The van der Waals surface area contributed by atoms with Gasteiger partial charge < -0.3 is 15.1 Å². The Labute approximate surface area is 200 Å². The number of rotatable bonds is 9. The molecule has 4 rings (SSSR count). The lowest BCUT2D eigenvalue weighted by Crippen LogP contribution is -2.49. The fraction of sp³-hybridized carbons (Fsp3) is 0.538. The highest BCUT2D eigenvalue weighted by Gasteiger charge is 2.41. The number of hydrogen-bond donors (Lipinski definition) is 2. The molecule has 1 aromatic heterocycles. The van der Waals surface area contributed by atoms with E-state index in [0.717, 1.165) is 45.1 Å². The number of Topliss-reactive ketones (excluding diaryl/α,β-unsaturated/α-hetero) is 1. The third-order valence-corrected chi connectivity index (χ3v) is 7.20. The molecule has 34 heavy (non-hydrogen) atoms. The van der Waals surface area contributed by atoms with Crippen LogP contribution in [0.1, 0.15) is 73.4 Å². The molecule has 2 N–H and O–H groups in total. The standard InChI is InChI=1S/C26H34N4O4/c1-17(27-2)25(33)28-15-23(31)19-11-6-7-12-21(19)30-14-8-13-22(30)26-29-20(16-34-26)24(32)18-9-4-3-5-10-18/h3-5,9-10,16-17,19,21-22,27H,6-8,11-15H2,1-2H3,(H,28,33)/t17-,19?,21-,22-/m0/s1. The van der Waals surface area contributed by atoms with Gasteiger partial charge in [0.1, 0.15) is 12.0 Å². The molecule has 4 atom stereocenters. The molecule has 1 aliphatic heterocycles. The van der Waals surface area contributed by atoms with Gasteiger partial charge in [0.05, 0.1) is 18.6 Å². The number of likely N-dealkylation sites (N-methyl/N-ethyl adjacent to an activating group) is 1. The molecule has 1 saturated heterocycles. The number of hydrogen-bond acceptors (Lipinski definition) is 7. The first-order chi connectivity index (χ1) is 16.5. The van der Waals surface area contributed by atoms with Crippen molar-refractivity contribution in [1.82, 2.24) is 20.5 Å². The van der Waals surface area contributed by atoms with E-state index in [1.54, 1.807) is 26.1 Å². The number of ketones is 2. The van der Waals surface area contributed by atoms with Gasteiger partial charge in [0.25, 0.3) is 0 Å². The third kappa shape index (κ3) is 5.28. The molecule has 2 fully saturated rings. The summed E-state index contributed by atoms with van der Waals surface area (Å²) < 4.78 is 5.80. The molecule has 1 amide bonds. The minimum Gasteiger partial charge on any atom is -0.446 e. The zero-order chi connectivity index (χ0) is 24.1. The van der Waals surface area contributed by atoms with Crippen molar-refractivity contribution >= 4 is 17.5 Å². The van der Waals surface area contributed by atoms with Gasteiger partial charge in [-0.05, 0) is 46.2 Å². The van der Waals surface area contributed by atoms with Gasteiger partial charge in [-0.1, -0.05) is 43.2 Å². The number of amides is 1. The average molecular weight is 467 g/mol. The fourth-order valence-electron chi connectivity index (χ4n) is 5.21. The molecule has 0 spiro atoms. The minimum atomic E-state index is -0.337. The maximum absolute atomic E-state index is 13.1. The zero-order valence-corrected chi connectivity index (χ0v) is 20.0. The first-order valence-corrected chi connectivity index (χ1v) is 12.3. The molecule has 1 saturated carbocycles. The Bertz CT molecular complexity index is 1010. The van der Waals surface area contributed by atoms with Crippen LogP contribution in [-0.4, -0.2) is 59.6 Å². The molecule has 0 radical (unpaired) electrons. The maximum atomic E-state index is 13.1. The van der Waals surface area contributed by atoms with Crippen LogP contribution in [0.2, 0.25) is 0 Å². The van der Waals surface area contributed by atoms with Gasteiger partial charge in [0.15, 0.2) is 5.78 Å². The summed E-state index contributed by atoms with van der Waals surface area (Å²) in [6, 6.07) is 8.78. The lowest BCUT2D eigenvalue weighted by Gasteiger charge is -2.39. The average Bonchev–Trinajstić information content (AvgIpc) is 3.56. The molecular formula is C26H34N4O4. The highest BCUT2D eigenvalue weighted by molar-refractivity contribution is 6.07. The predicted molar refractivity (Wildman–Crippen MR) is 127 cm³/mol. The summed E-state index contributed by atoms with van der Waals surface area (Å²) >= 11 is 0. The largest absolute Gasteiger partial charge is 0.446 e. The van der Waals surface area contributed by atoms with E-state index >= 15 is 0 Å². The van der Waals surface area contributed by atoms with Crippen LogP contribution in [0.5, 0.6) is 0 Å². The molecular weight excluding hydrogens is 432 g/mol. The van der Waals surface area contributed by atoms with Gasteiger partial charge in [-0.3, -0.25) is 19.3 Å². The van der Waals surface area contributed by atoms with Crippen LogP contribution in [0.15, 0.2) is 41.0 Å². The maximum Gasteiger partial charge on any atom is 0.237 e. The second kappa shape index (κ2) is 11.1. The second-order valence-corrected chi connectivity index (χ2v) is 9.31. The number of oxazole rings is 1. The van der Waals surface area contributed by atoms with Crippen molar-refractivity contribution in [2.24, 2.45) is 5.92 Å². The topological polar surface area (TPSA) is 105 Å². The van der Waals surface area contributed by atoms with Gasteiger partial charge in [-0.2, -0.15) is 0 Å². The van der Waals surface area contributed by atoms with Crippen LogP contribution < -0.4 is 10.6 Å². The first-order valence-electron chi connectivity index (χ1n) is 12.3. The van der Waals surface area contributed by atoms with E-state index in [9.17, 15) is 14.4 Å². The number of nitrogens with zero attached hydrogens (tertiary/aromatic N) is 2. The molecule has 1 unspecified atom stereocenters. The molecule has 2 aliphatic rings. The van der Waals surface area contributed by atoms with Crippen LogP contribution in [0.4, 0.5) is 0 Å². The van der Waals surface area contributed by atoms with Crippen LogP contribution in [-0.2, 0) is 9.59 Å². The van der Waals surface area contributed by atoms with E-state index < -0.39 is 0 Å². The van der Waals surface area contributed by atoms with E-state index in [1.807, 2.05) is 18.2 Å². The quantitative estimate of drug-likeness (QED) is 0.548. The fourth-order valence-corrected chi connectivity index (χ4v) is 5.21. The summed E-state index contributed by atoms with van der Waals surface area (Å²) in [7, 11) is 1.72. The molecule has 8 heteroatoms. The lowest BCUT2D eigenvalue weighted by atomic mass is 9.80. The van der Waals surface area contributed by atoms with Gasteiger partial charge >= 0.3 is 0 Å². The molecule has 1 aromatic carbocycles. The SMILES string of the molecule is CN[C@@H](C)C(=O)NCC(=O)C1CCCC[C@@H]1N1CCC[C@H]1c1nc(C(=O)c2ccccc2)co1. The van der Waals surface area contributed by atoms with Crippen LogP contribution in [0.25, 0.3) is 0 Å². The van der Waals surface area contributed by atoms with Crippen molar-refractivity contribution in [1.29, 1.82) is 0 Å². The summed E-state index contributed by atoms with van der Waals surface area (Å²) in [5.74, 6) is 0.180. The normalized spacial score (nSPS) is 24.0. The van der Waals surface area contributed by atoms with Gasteiger partial charge in [-0.15, -0.1) is 0 Å². The third-order valence-electron chi connectivity index (χ3n) is 7.20. The second-order valence-electron chi connectivity index (χ2n) is 9.31. The summed E-state index contributed by atoms with van der Waals surface area (Å²) in [5.41, 5.74) is 0.892. The predicted octanol–water partition coefficient (Wildman–Crippen LogP) is 2.89. The Kier molecular flexibility index (Phi) is 7.90. The first kappa shape index (κ1) is 24.3. The van der Waals surface area contributed by atoms with Crippen LogP contribution in [0.3, 0.4) is 0 Å². The highest BCUT2D eigenvalue weighted by atomic mass is 16.3. The number of aromatic nitrogens is 1. The molecule has 2 heterocycles. The van der Waals surface area contributed by atoms with Crippen molar-refractivity contribution < 1.29 is 18.8 Å². The Hall–Kier alpha value is -2.84. The number of benzene rings is 1. The summed E-state index contributed by atoms with van der Waals surface area (Å²) in [4.78, 5) is 44.9. The van der Waals surface area contributed by atoms with Crippen LogP contribution in [0, 0.1) is 5.92 Å². The van der Waals surface area contributed by atoms with Crippen molar-refractivity contribution in [3.05, 3.63) is 53.7 Å². The van der Waals surface area contributed by atoms with Crippen molar-refractivity contribution in [2.75, 3.05) is 20.1 Å². The molecule has 0 bridgehead atoms. The zero-order valence-electron chi connectivity index (χ0n) is 20.0. The van der Waals surface area contributed by atoms with Gasteiger partial charge in [0, 0.05) is 17.5 Å². The summed E-state index contributed by atoms with van der Waals surface area (Å²) in [6.07, 6.45) is 7.17. The summed E-state index contributed by atoms with van der Waals surface area (Å²) in [6.45, 7) is 2.69. The van der Waals surface area contributed by atoms with E-state index in [-0.39, 0.29) is 48.1 Å². The lowest BCUT2D eigenvalue weighted by molar-refractivity contribution is -0.130. The molecule has 1 aliphatic carbocycles. The smallest absolute Gasteiger partial charge is 0.237 e. The number of carbonyl (C=O) groups is 3. The van der Waals surface area contributed by atoms with Crippen molar-refractivity contribution in [3.63, 3.8) is 0 Å². The van der Waals surface area contributed by atoms with E-state index in [1.165, 1.54) is 6.26 Å². The minimum absolute atomic E-state index is 0.0466. The summed E-state index contributed by atoms with van der Waals surface area (Å²) in [5, 5.41) is 5.67. The number of nitrogens with one attached hydrogen (secondary N) is 2. The highest BCUT2D eigenvalue weighted by Crippen LogP contribution is 2.39. The van der Waals surface area contributed by atoms with E-state index in [4.69, 9.17) is 4.42 Å². The number of carbonyl (C=O) groups excluding carboxylic acids is 3. The van der Waals surface area contributed by atoms with Gasteiger partial charge in [0.2, 0.25) is 17.6 Å². The molecule has 182 valence electrons. The van der Waals surface area contributed by atoms with E-state index in [2.05, 4.69) is 20.5 Å². The molecule has 2 aromatic rings. The number of likely N-dealkylation sites (tertiary alicyclic amines) is 1. The van der Waals surface area contributed by atoms with E-state index in [0.29, 0.717) is 17.1 Å². The van der Waals surface area contributed by atoms with Crippen molar-refractivity contribution in [2.45, 2.75) is 63.6 Å². The monoisotopic (exact) mass is 466 g/mol. The Balaban J connectivity index is 1.46. The van der Waals surface area contributed by atoms with Gasteiger partial charge in [-0.25, -0.2) is 4.98 Å². The van der Waals surface area contributed by atoms with Crippen molar-refractivity contribution in [3.8, 4) is 0 Å². The Morgan fingerprint density at radius 1 is 1.12 bits per heavy atom.